The molecule has 1 N–H and O–H groups in total. The minimum Gasteiger partial charge on any atom is -0.375 e. The lowest BCUT2D eigenvalue weighted by atomic mass is 10.2. The molecule has 1 heterocycles. The topological polar surface area (TPSA) is 59.1 Å². The van der Waals surface area contributed by atoms with Gasteiger partial charge in [0.1, 0.15) is 5.01 Å². The quantitative estimate of drug-likeness (QED) is 0.920. The summed E-state index contributed by atoms with van der Waals surface area (Å²) in [5.41, 5.74) is 0.621. The molecule has 0 aliphatic carbocycles. The van der Waals surface area contributed by atoms with Crippen LogP contribution in [0, 0.1) is 0 Å². The number of rotatable bonds is 5. The summed E-state index contributed by atoms with van der Waals surface area (Å²) in [6, 6.07) is 6.92. The molecule has 0 spiro atoms. The highest BCUT2D eigenvalue weighted by atomic mass is 32.2. The molecule has 0 aliphatic rings. The highest BCUT2D eigenvalue weighted by molar-refractivity contribution is 7.90. The smallest absolute Gasteiger partial charge is 0.177 e. The van der Waals surface area contributed by atoms with Crippen LogP contribution in [0.3, 0.4) is 0 Å². The van der Waals surface area contributed by atoms with Crippen molar-refractivity contribution in [3.63, 3.8) is 0 Å². The van der Waals surface area contributed by atoms with Crippen molar-refractivity contribution in [2.24, 2.45) is 0 Å². The number of nitrogens with zero attached hydrogens (tertiary/aromatic N) is 1. The molecular formula is C14H18N2O2S2. The Bertz CT molecular complexity index is 693. The number of thiazole rings is 1. The second kappa shape index (κ2) is 5.93. The minimum atomic E-state index is -3.24. The Morgan fingerprint density at radius 3 is 2.65 bits per heavy atom. The Hall–Kier alpha value is -1.40. The zero-order chi connectivity index (χ0) is 14.8. The molecule has 0 fully saturated rings. The van der Waals surface area contributed by atoms with Crippen molar-refractivity contribution >= 4 is 26.9 Å². The standard InChI is InChI=1S/C14H18N2O2S2/c1-4-11-9-15-14(19-11)10(2)16-12-7-5-6-8-13(12)20(3,17)18/h5-10,16H,4H2,1-3H3. The summed E-state index contributed by atoms with van der Waals surface area (Å²) >= 11 is 1.65. The summed E-state index contributed by atoms with van der Waals surface area (Å²) in [6.45, 7) is 4.08. The van der Waals surface area contributed by atoms with Gasteiger partial charge in [0.2, 0.25) is 0 Å². The van der Waals surface area contributed by atoms with Crippen LogP contribution in [-0.4, -0.2) is 19.7 Å². The SMILES string of the molecule is CCc1cnc(C(C)Nc2ccccc2S(C)(=O)=O)s1. The molecular weight excluding hydrogens is 292 g/mol. The van der Waals surface area contributed by atoms with Gasteiger partial charge in [0.25, 0.3) is 0 Å². The van der Waals surface area contributed by atoms with Gasteiger partial charge in [-0.2, -0.15) is 0 Å². The van der Waals surface area contributed by atoms with Crippen LogP contribution in [0.2, 0.25) is 0 Å². The van der Waals surface area contributed by atoms with Gasteiger partial charge in [0, 0.05) is 17.3 Å². The number of aromatic nitrogens is 1. The average molecular weight is 310 g/mol. The van der Waals surface area contributed by atoms with E-state index in [0.717, 1.165) is 11.4 Å². The number of para-hydroxylation sites is 1. The Morgan fingerprint density at radius 2 is 2.05 bits per heavy atom. The third-order valence-corrected chi connectivity index (χ3v) is 5.43. The predicted molar refractivity (Wildman–Crippen MR) is 83.1 cm³/mol. The van der Waals surface area contributed by atoms with Crippen LogP contribution in [0.25, 0.3) is 0 Å². The van der Waals surface area contributed by atoms with E-state index in [4.69, 9.17) is 0 Å². The Morgan fingerprint density at radius 1 is 1.35 bits per heavy atom. The van der Waals surface area contributed by atoms with E-state index in [1.165, 1.54) is 11.1 Å². The first kappa shape index (κ1) is 15.0. The average Bonchev–Trinajstić information content (AvgIpc) is 2.87. The summed E-state index contributed by atoms with van der Waals surface area (Å²) in [5.74, 6) is 0. The lowest BCUT2D eigenvalue weighted by Gasteiger charge is -2.15. The minimum absolute atomic E-state index is 0.0248. The van der Waals surface area contributed by atoms with Crippen LogP contribution < -0.4 is 5.32 Å². The third kappa shape index (κ3) is 3.37. The maximum atomic E-state index is 11.8. The van der Waals surface area contributed by atoms with Crippen molar-refractivity contribution in [2.75, 3.05) is 11.6 Å². The molecule has 20 heavy (non-hydrogen) atoms. The molecule has 1 atom stereocenters. The molecule has 0 saturated carbocycles. The molecule has 0 aliphatic heterocycles. The lowest BCUT2D eigenvalue weighted by molar-refractivity contribution is 0.602. The Balaban J connectivity index is 2.26. The Kier molecular flexibility index (Phi) is 4.45. The predicted octanol–water partition coefficient (Wildman–Crippen LogP) is 3.28. The van der Waals surface area contributed by atoms with Gasteiger partial charge < -0.3 is 5.32 Å². The van der Waals surface area contributed by atoms with Crippen molar-refractivity contribution < 1.29 is 8.42 Å². The maximum absolute atomic E-state index is 11.8. The molecule has 0 amide bonds. The number of benzene rings is 1. The van der Waals surface area contributed by atoms with Crippen LogP contribution >= 0.6 is 11.3 Å². The lowest BCUT2D eigenvalue weighted by Crippen LogP contribution is -2.10. The summed E-state index contributed by atoms with van der Waals surface area (Å²) < 4.78 is 23.5. The van der Waals surface area contributed by atoms with Gasteiger partial charge in [-0.25, -0.2) is 13.4 Å². The number of nitrogens with one attached hydrogen (secondary N) is 1. The summed E-state index contributed by atoms with van der Waals surface area (Å²) in [7, 11) is -3.24. The van der Waals surface area contributed by atoms with Crippen molar-refractivity contribution in [1.29, 1.82) is 0 Å². The van der Waals surface area contributed by atoms with Gasteiger partial charge in [0.15, 0.2) is 9.84 Å². The maximum Gasteiger partial charge on any atom is 0.177 e. The molecule has 0 bridgehead atoms. The van der Waals surface area contributed by atoms with Crippen molar-refractivity contribution in [2.45, 2.75) is 31.2 Å². The van der Waals surface area contributed by atoms with E-state index in [-0.39, 0.29) is 6.04 Å². The third-order valence-electron chi connectivity index (χ3n) is 2.95. The molecule has 1 aromatic carbocycles. The number of aryl methyl sites for hydroxylation is 1. The molecule has 1 unspecified atom stereocenters. The van der Waals surface area contributed by atoms with Crippen LogP contribution in [-0.2, 0) is 16.3 Å². The van der Waals surface area contributed by atoms with Crippen molar-refractivity contribution in [3.05, 3.63) is 40.3 Å². The monoisotopic (exact) mass is 310 g/mol. The highest BCUT2D eigenvalue weighted by Crippen LogP contribution is 2.27. The first-order valence-corrected chi connectivity index (χ1v) is 9.13. The second-order valence-electron chi connectivity index (χ2n) is 4.65. The van der Waals surface area contributed by atoms with Gasteiger partial charge in [-0.15, -0.1) is 11.3 Å². The first-order valence-electron chi connectivity index (χ1n) is 6.42. The molecule has 0 saturated heterocycles. The number of hydrogen-bond acceptors (Lipinski definition) is 5. The second-order valence-corrected chi connectivity index (χ2v) is 7.78. The van der Waals surface area contributed by atoms with Crippen molar-refractivity contribution in [3.8, 4) is 0 Å². The van der Waals surface area contributed by atoms with Gasteiger partial charge in [-0.3, -0.25) is 0 Å². The fourth-order valence-electron chi connectivity index (χ4n) is 1.89. The van der Waals surface area contributed by atoms with Crippen LogP contribution in [0.15, 0.2) is 35.4 Å². The van der Waals surface area contributed by atoms with E-state index in [0.29, 0.717) is 10.6 Å². The van der Waals surface area contributed by atoms with Crippen LogP contribution in [0.4, 0.5) is 5.69 Å². The first-order chi connectivity index (χ1) is 9.41. The van der Waals surface area contributed by atoms with Crippen LogP contribution in [0.5, 0.6) is 0 Å². The fourth-order valence-corrected chi connectivity index (χ4v) is 3.60. The fraction of sp³-hybridized carbons (Fsp3) is 0.357. The van der Waals surface area contributed by atoms with E-state index in [2.05, 4.69) is 17.2 Å². The summed E-state index contributed by atoms with van der Waals surface area (Å²) in [5, 5.41) is 4.20. The molecule has 2 rings (SSSR count). The number of hydrogen-bond donors (Lipinski definition) is 1. The van der Waals surface area contributed by atoms with E-state index in [9.17, 15) is 8.42 Å². The van der Waals surface area contributed by atoms with E-state index >= 15 is 0 Å². The molecule has 108 valence electrons. The molecule has 6 heteroatoms. The van der Waals surface area contributed by atoms with E-state index in [1.54, 1.807) is 29.5 Å². The van der Waals surface area contributed by atoms with E-state index < -0.39 is 9.84 Å². The zero-order valence-electron chi connectivity index (χ0n) is 11.8. The highest BCUT2D eigenvalue weighted by Gasteiger charge is 2.16. The number of anilines is 1. The van der Waals surface area contributed by atoms with Crippen LogP contribution in [0.1, 0.15) is 29.8 Å². The zero-order valence-corrected chi connectivity index (χ0v) is 13.4. The number of sulfone groups is 1. The summed E-state index contributed by atoms with van der Waals surface area (Å²) in [6.07, 6.45) is 4.06. The Labute approximate surface area is 123 Å². The normalized spacial score (nSPS) is 13.2. The molecule has 1 aromatic heterocycles. The molecule has 2 aromatic rings. The van der Waals surface area contributed by atoms with Gasteiger partial charge in [-0.05, 0) is 25.5 Å². The molecule has 0 radical (unpaired) electrons. The molecule has 4 nitrogen and oxygen atoms in total. The van der Waals surface area contributed by atoms with Crippen molar-refractivity contribution in [1.82, 2.24) is 4.98 Å². The summed E-state index contributed by atoms with van der Waals surface area (Å²) in [4.78, 5) is 5.93. The van der Waals surface area contributed by atoms with Gasteiger partial charge in [0.05, 0.1) is 16.6 Å². The van der Waals surface area contributed by atoms with Gasteiger partial charge >= 0.3 is 0 Å². The van der Waals surface area contributed by atoms with Gasteiger partial charge in [-0.1, -0.05) is 19.1 Å². The van der Waals surface area contributed by atoms with E-state index in [1.807, 2.05) is 19.2 Å². The largest absolute Gasteiger partial charge is 0.375 e.